The number of nitrogens with zero attached hydrogens (tertiary/aromatic N) is 4. The summed E-state index contributed by atoms with van der Waals surface area (Å²) in [5.74, 6) is 0.656. The zero-order valence-corrected chi connectivity index (χ0v) is 10.1. The van der Waals surface area contributed by atoms with Crippen molar-refractivity contribution in [3.8, 4) is 0 Å². The zero-order chi connectivity index (χ0) is 12.0. The van der Waals surface area contributed by atoms with Crippen molar-refractivity contribution in [3.63, 3.8) is 0 Å². The summed E-state index contributed by atoms with van der Waals surface area (Å²) in [7, 11) is 3.44. The highest BCUT2D eigenvalue weighted by molar-refractivity contribution is 6.47. The number of amidine groups is 1. The molecule has 1 aliphatic rings. The van der Waals surface area contributed by atoms with Crippen LogP contribution in [0.25, 0.3) is 0 Å². The predicted octanol–water partition coefficient (Wildman–Crippen LogP) is 2.09. The van der Waals surface area contributed by atoms with Crippen LogP contribution in [0.1, 0.15) is 13.8 Å². The Hall–Kier alpha value is -1.84. The van der Waals surface area contributed by atoms with E-state index in [1.54, 1.807) is 26.5 Å². The molecule has 0 radical (unpaired) electrons. The molecule has 16 heavy (non-hydrogen) atoms. The van der Waals surface area contributed by atoms with Crippen molar-refractivity contribution in [1.29, 1.82) is 0 Å². The molecule has 0 saturated carbocycles. The molecule has 0 aromatic rings. The molecule has 0 unspecified atom stereocenters. The summed E-state index contributed by atoms with van der Waals surface area (Å²) < 4.78 is 0. The van der Waals surface area contributed by atoms with Crippen LogP contribution in [0.15, 0.2) is 43.4 Å². The normalized spacial score (nSPS) is 22.2. The van der Waals surface area contributed by atoms with Crippen molar-refractivity contribution >= 4 is 24.0 Å². The number of hydrogen-bond acceptors (Lipinski definition) is 3. The minimum Gasteiger partial charge on any atom is -0.296 e. The Balaban J connectivity index is 3.12. The molecule has 0 amide bonds. The molecular formula is C12H16N4. The summed E-state index contributed by atoms with van der Waals surface area (Å²) in [6.07, 6.45) is 7.34. The molecule has 0 spiro atoms. The molecule has 4 heteroatoms. The number of allylic oxidation sites excluding steroid dienone is 3. The zero-order valence-electron chi connectivity index (χ0n) is 10.1. The fourth-order valence-electron chi connectivity index (χ4n) is 1.32. The van der Waals surface area contributed by atoms with Crippen LogP contribution < -0.4 is 0 Å². The van der Waals surface area contributed by atoms with E-state index in [0.29, 0.717) is 5.84 Å². The molecule has 1 aliphatic heterocycles. The largest absolute Gasteiger partial charge is 0.296 e. The van der Waals surface area contributed by atoms with Gasteiger partial charge in [-0.25, -0.2) is 4.99 Å². The Bertz CT molecular complexity index is 428. The van der Waals surface area contributed by atoms with Crippen LogP contribution in [0.2, 0.25) is 0 Å². The van der Waals surface area contributed by atoms with Crippen molar-refractivity contribution in [2.45, 2.75) is 13.8 Å². The SMILES string of the molecule is C/C=C(\C=N/C)C1=NC(=N/C)/C(=C\C)N=C1. The minimum absolute atomic E-state index is 0.656. The standard InChI is InChI=1S/C12H16N4/c1-5-9(7-13-3)11-8-15-10(6-2)12(14-4)16-11/h5-8H,1-4H3/b9-5+,10-6+,13-7-,14-12+. The highest BCUT2D eigenvalue weighted by Gasteiger charge is 2.12. The summed E-state index contributed by atoms with van der Waals surface area (Å²) in [6, 6.07) is 0. The first kappa shape index (κ1) is 12.2. The topological polar surface area (TPSA) is 49.4 Å². The summed E-state index contributed by atoms with van der Waals surface area (Å²) in [5.41, 5.74) is 2.54. The Labute approximate surface area is 95.9 Å². The van der Waals surface area contributed by atoms with Crippen LogP contribution in [0.4, 0.5) is 0 Å². The Morgan fingerprint density at radius 2 is 2.06 bits per heavy atom. The van der Waals surface area contributed by atoms with Crippen molar-refractivity contribution in [2.75, 3.05) is 14.1 Å². The summed E-state index contributed by atoms with van der Waals surface area (Å²) in [6.45, 7) is 3.86. The van der Waals surface area contributed by atoms with E-state index in [2.05, 4.69) is 20.0 Å². The van der Waals surface area contributed by atoms with Gasteiger partial charge < -0.3 is 0 Å². The van der Waals surface area contributed by atoms with E-state index in [0.717, 1.165) is 17.0 Å². The van der Waals surface area contributed by atoms with Gasteiger partial charge in [-0.3, -0.25) is 15.0 Å². The quantitative estimate of drug-likeness (QED) is 0.635. The molecule has 1 rings (SSSR count). The Morgan fingerprint density at radius 1 is 1.31 bits per heavy atom. The maximum absolute atomic E-state index is 4.43. The number of aliphatic imine (C=N–C) groups is 4. The molecule has 0 N–H and O–H groups in total. The fourth-order valence-corrected chi connectivity index (χ4v) is 1.32. The third kappa shape index (κ3) is 2.59. The second-order valence-electron chi connectivity index (χ2n) is 3.11. The Morgan fingerprint density at radius 3 is 2.56 bits per heavy atom. The number of hydrogen-bond donors (Lipinski definition) is 0. The highest BCUT2D eigenvalue weighted by atomic mass is 15.0. The van der Waals surface area contributed by atoms with Crippen molar-refractivity contribution in [2.24, 2.45) is 20.0 Å². The van der Waals surface area contributed by atoms with E-state index in [1.165, 1.54) is 0 Å². The van der Waals surface area contributed by atoms with E-state index in [-0.39, 0.29) is 0 Å². The molecule has 1 heterocycles. The molecule has 0 atom stereocenters. The van der Waals surface area contributed by atoms with Gasteiger partial charge in [0.1, 0.15) is 5.70 Å². The van der Waals surface area contributed by atoms with Gasteiger partial charge in [0, 0.05) is 25.9 Å². The fraction of sp³-hybridized carbons (Fsp3) is 0.333. The molecule has 0 aromatic heterocycles. The van der Waals surface area contributed by atoms with Gasteiger partial charge in [-0.15, -0.1) is 0 Å². The lowest BCUT2D eigenvalue weighted by Gasteiger charge is -2.09. The highest BCUT2D eigenvalue weighted by Crippen LogP contribution is 2.09. The van der Waals surface area contributed by atoms with Crippen LogP contribution >= 0.6 is 0 Å². The molecular weight excluding hydrogens is 200 g/mol. The van der Waals surface area contributed by atoms with Gasteiger partial charge in [0.2, 0.25) is 0 Å². The predicted molar refractivity (Wildman–Crippen MR) is 71.2 cm³/mol. The molecule has 0 aliphatic carbocycles. The van der Waals surface area contributed by atoms with E-state index < -0.39 is 0 Å². The second-order valence-corrected chi connectivity index (χ2v) is 3.11. The van der Waals surface area contributed by atoms with E-state index in [9.17, 15) is 0 Å². The summed E-state index contributed by atoms with van der Waals surface area (Å²) >= 11 is 0. The number of rotatable bonds is 2. The average molecular weight is 216 g/mol. The Kier molecular flexibility index (Phi) is 4.51. The van der Waals surface area contributed by atoms with Gasteiger partial charge >= 0.3 is 0 Å². The maximum Gasteiger partial charge on any atom is 0.173 e. The lowest BCUT2D eigenvalue weighted by Crippen LogP contribution is -2.15. The van der Waals surface area contributed by atoms with Gasteiger partial charge in [0.15, 0.2) is 5.84 Å². The lowest BCUT2D eigenvalue weighted by atomic mass is 10.1. The third-order valence-corrected chi connectivity index (χ3v) is 2.14. The maximum atomic E-state index is 4.43. The second kappa shape index (κ2) is 5.90. The smallest absolute Gasteiger partial charge is 0.173 e. The molecule has 0 fully saturated rings. The molecule has 0 aromatic carbocycles. The lowest BCUT2D eigenvalue weighted by molar-refractivity contribution is 1.32. The van der Waals surface area contributed by atoms with Gasteiger partial charge in [-0.1, -0.05) is 12.2 Å². The van der Waals surface area contributed by atoms with Crippen molar-refractivity contribution < 1.29 is 0 Å². The first-order chi connectivity index (χ1) is 7.76. The van der Waals surface area contributed by atoms with Crippen molar-refractivity contribution in [1.82, 2.24) is 0 Å². The first-order valence-electron chi connectivity index (χ1n) is 5.11. The van der Waals surface area contributed by atoms with E-state index >= 15 is 0 Å². The van der Waals surface area contributed by atoms with Crippen LogP contribution in [-0.4, -0.2) is 38.1 Å². The van der Waals surface area contributed by atoms with Crippen LogP contribution in [0.5, 0.6) is 0 Å². The van der Waals surface area contributed by atoms with Gasteiger partial charge in [-0.2, -0.15) is 0 Å². The molecule has 0 bridgehead atoms. The molecule has 4 nitrogen and oxygen atoms in total. The van der Waals surface area contributed by atoms with E-state index in [1.807, 2.05) is 26.0 Å². The average Bonchev–Trinajstić information content (AvgIpc) is 2.35. The van der Waals surface area contributed by atoms with Crippen LogP contribution in [0, 0.1) is 0 Å². The molecule has 84 valence electrons. The third-order valence-electron chi connectivity index (χ3n) is 2.14. The summed E-state index contributed by atoms with van der Waals surface area (Å²) in [5, 5.41) is 0. The monoisotopic (exact) mass is 216 g/mol. The molecule has 0 saturated heterocycles. The van der Waals surface area contributed by atoms with Gasteiger partial charge in [0.25, 0.3) is 0 Å². The van der Waals surface area contributed by atoms with E-state index in [4.69, 9.17) is 0 Å². The van der Waals surface area contributed by atoms with Crippen LogP contribution in [0.3, 0.4) is 0 Å². The summed E-state index contributed by atoms with van der Waals surface area (Å²) in [4.78, 5) is 16.8. The van der Waals surface area contributed by atoms with Crippen molar-refractivity contribution in [3.05, 3.63) is 23.4 Å². The van der Waals surface area contributed by atoms with Gasteiger partial charge in [0.05, 0.1) is 11.9 Å². The first-order valence-corrected chi connectivity index (χ1v) is 5.11. The van der Waals surface area contributed by atoms with Gasteiger partial charge in [-0.05, 0) is 13.8 Å². The van der Waals surface area contributed by atoms with Crippen LogP contribution in [-0.2, 0) is 0 Å². The minimum atomic E-state index is 0.656.